The molecule has 5 atom stereocenters. The first-order valence-electron chi connectivity index (χ1n) is 11.2. The van der Waals surface area contributed by atoms with Crippen LogP contribution in [0.2, 0.25) is 0 Å². The summed E-state index contributed by atoms with van der Waals surface area (Å²) in [6.45, 7) is 7.31. The van der Waals surface area contributed by atoms with E-state index in [1.807, 2.05) is 0 Å². The number of ketones is 1. The van der Waals surface area contributed by atoms with Crippen molar-refractivity contribution in [3.05, 3.63) is 11.6 Å². The van der Waals surface area contributed by atoms with Crippen molar-refractivity contribution >= 4 is 5.78 Å². The minimum Gasteiger partial charge on any atom is -0.347 e. The van der Waals surface area contributed by atoms with Gasteiger partial charge < -0.3 is 18.9 Å². The summed E-state index contributed by atoms with van der Waals surface area (Å²) in [5.74, 6) is 0.519. The number of fused-ring (bicyclic) bond motifs is 6. The van der Waals surface area contributed by atoms with E-state index in [0.29, 0.717) is 50.5 Å². The minimum atomic E-state index is -0.522. The average Bonchev–Trinajstić information content (AvgIpc) is 3.38. The zero-order chi connectivity index (χ0) is 19.2. The Hall–Kier alpha value is -0.750. The molecule has 0 amide bonds. The molecule has 5 heteroatoms. The van der Waals surface area contributed by atoms with E-state index < -0.39 is 11.6 Å². The van der Waals surface area contributed by atoms with Crippen LogP contribution in [0.3, 0.4) is 0 Å². The Kier molecular flexibility index (Phi) is 3.67. The molecule has 3 saturated carbocycles. The lowest BCUT2D eigenvalue weighted by molar-refractivity contribution is -0.239. The largest absolute Gasteiger partial charge is 0.347 e. The van der Waals surface area contributed by atoms with Crippen LogP contribution >= 0.6 is 0 Å². The number of hydrogen-bond donors (Lipinski definition) is 0. The Balaban J connectivity index is 1.36. The summed E-state index contributed by atoms with van der Waals surface area (Å²) in [5.41, 5.74) is 1.17. The zero-order valence-electron chi connectivity index (χ0n) is 17.1. The van der Waals surface area contributed by atoms with E-state index in [1.54, 1.807) is 0 Å². The molecular formula is C23H32O5. The summed E-state index contributed by atoms with van der Waals surface area (Å²) < 4.78 is 24.4. The van der Waals surface area contributed by atoms with Crippen molar-refractivity contribution < 1.29 is 23.7 Å². The van der Waals surface area contributed by atoms with Crippen molar-refractivity contribution in [1.82, 2.24) is 0 Å². The number of hydrogen-bond acceptors (Lipinski definition) is 5. The number of ether oxygens (including phenoxy) is 4. The molecule has 6 aliphatic rings. The fourth-order valence-corrected chi connectivity index (χ4v) is 8.06. The Bertz CT molecular complexity index is 731. The highest BCUT2D eigenvalue weighted by Gasteiger charge is 2.69. The summed E-state index contributed by atoms with van der Waals surface area (Å²) in [4.78, 5) is 13.7. The van der Waals surface area contributed by atoms with Crippen molar-refractivity contribution in [2.24, 2.45) is 28.6 Å². The maximum atomic E-state index is 13.7. The Morgan fingerprint density at radius 1 is 0.929 bits per heavy atom. The maximum absolute atomic E-state index is 13.7. The third-order valence-corrected chi connectivity index (χ3v) is 9.42. The van der Waals surface area contributed by atoms with Gasteiger partial charge >= 0.3 is 0 Å². The molecule has 4 aliphatic carbocycles. The van der Waals surface area contributed by atoms with Crippen LogP contribution in [0, 0.1) is 28.6 Å². The van der Waals surface area contributed by atoms with Crippen LogP contribution < -0.4 is 0 Å². The summed E-state index contributed by atoms with van der Waals surface area (Å²) in [7, 11) is 0. The molecule has 2 aliphatic heterocycles. The first kappa shape index (κ1) is 18.1. The second kappa shape index (κ2) is 5.69. The molecule has 2 saturated heterocycles. The molecular weight excluding hydrogens is 356 g/mol. The number of allylic oxidation sites excluding steroid dienone is 1. The monoisotopic (exact) mass is 388 g/mol. The fourth-order valence-electron chi connectivity index (χ4n) is 8.06. The van der Waals surface area contributed by atoms with Gasteiger partial charge in [0.25, 0.3) is 0 Å². The van der Waals surface area contributed by atoms with Gasteiger partial charge in [-0.3, -0.25) is 4.79 Å². The molecule has 0 aromatic heterocycles. The van der Waals surface area contributed by atoms with E-state index in [-0.39, 0.29) is 16.7 Å². The molecule has 0 unspecified atom stereocenters. The zero-order valence-corrected chi connectivity index (χ0v) is 17.1. The molecule has 0 bridgehead atoms. The molecule has 0 N–H and O–H groups in total. The quantitative estimate of drug-likeness (QED) is 0.594. The Morgan fingerprint density at radius 2 is 1.64 bits per heavy atom. The third-order valence-electron chi connectivity index (χ3n) is 9.42. The van der Waals surface area contributed by atoms with Crippen molar-refractivity contribution in [3.8, 4) is 0 Å². The van der Waals surface area contributed by atoms with Gasteiger partial charge in [-0.25, -0.2) is 0 Å². The van der Waals surface area contributed by atoms with Gasteiger partial charge in [-0.15, -0.1) is 0 Å². The van der Waals surface area contributed by atoms with Gasteiger partial charge in [0.05, 0.1) is 26.4 Å². The first-order chi connectivity index (χ1) is 13.4. The Labute approximate surface area is 167 Å². The molecule has 2 spiro atoms. The number of carbonyl (C=O) groups is 1. The van der Waals surface area contributed by atoms with Crippen molar-refractivity contribution in [1.29, 1.82) is 0 Å². The van der Waals surface area contributed by atoms with Gasteiger partial charge in [-0.05, 0) is 36.5 Å². The summed E-state index contributed by atoms with van der Waals surface area (Å²) in [6.07, 6.45) is 8.78. The van der Waals surface area contributed by atoms with Crippen LogP contribution in [0.25, 0.3) is 0 Å². The van der Waals surface area contributed by atoms with E-state index in [2.05, 4.69) is 19.9 Å². The normalized spacial score (nSPS) is 48.4. The van der Waals surface area contributed by atoms with Crippen molar-refractivity contribution in [2.45, 2.75) is 70.4 Å². The molecule has 2 heterocycles. The van der Waals surface area contributed by atoms with E-state index in [9.17, 15) is 4.79 Å². The molecule has 5 nitrogen and oxygen atoms in total. The lowest BCUT2D eigenvalue weighted by Crippen LogP contribution is -2.59. The molecule has 0 aromatic rings. The summed E-state index contributed by atoms with van der Waals surface area (Å²) >= 11 is 0. The van der Waals surface area contributed by atoms with Crippen molar-refractivity contribution in [2.75, 3.05) is 26.4 Å². The molecule has 28 heavy (non-hydrogen) atoms. The third kappa shape index (κ3) is 2.09. The van der Waals surface area contributed by atoms with E-state index in [4.69, 9.17) is 18.9 Å². The highest BCUT2D eigenvalue weighted by atomic mass is 16.7. The topological polar surface area (TPSA) is 54.0 Å². The van der Waals surface area contributed by atoms with Crippen LogP contribution in [-0.2, 0) is 23.7 Å². The fraction of sp³-hybridized carbons (Fsp3) is 0.870. The van der Waals surface area contributed by atoms with Gasteiger partial charge in [0.15, 0.2) is 11.6 Å². The molecule has 154 valence electrons. The van der Waals surface area contributed by atoms with Gasteiger partial charge in [0, 0.05) is 37.0 Å². The van der Waals surface area contributed by atoms with Crippen LogP contribution in [0.15, 0.2) is 11.6 Å². The van der Waals surface area contributed by atoms with Gasteiger partial charge in [-0.1, -0.05) is 25.5 Å². The highest BCUT2D eigenvalue weighted by Crippen LogP contribution is 2.68. The first-order valence-corrected chi connectivity index (χ1v) is 11.2. The predicted octanol–water partition coefficient (Wildman–Crippen LogP) is 3.61. The molecule has 5 fully saturated rings. The van der Waals surface area contributed by atoms with Crippen LogP contribution in [0.1, 0.15) is 58.8 Å². The van der Waals surface area contributed by atoms with Crippen LogP contribution in [0.4, 0.5) is 0 Å². The van der Waals surface area contributed by atoms with Gasteiger partial charge in [0.2, 0.25) is 0 Å². The lowest BCUT2D eigenvalue weighted by atomic mass is 9.47. The summed E-state index contributed by atoms with van der Waals surface area (Å²) in [5, 5.41) is 0. The van der Waals surface area contributed by atoms with E-state index in [0.717, 1.165) is 38.5 Å². The molecule has 0 radical (unpaired) electrons. The van der Waals surface area contributed by atoms with E-state index in [1.165, 1.54) is 5.57 Å². The van der Waals surface area contributed by atoms with Gasteiger partial charge in [-0.2, -0.15) is 0 Å². The van der Waals surface area contributed by atoms with Crippen molar-refractivity contribution in [3.63, 3.8) is 0 Å². The van der Waals surface area contributed by atoms with Crippen LogP contribution in [0.5, 0.6) is 0 Å². The van der Waals surface area contributed by atoms with Crippen LogP contribution in [-0.4, -0.2) is 43.8 Å². The molecule has 0 aromatic carbocycles. The number of Topliss-reactive ketones (excluding diaryl/α,β-unsaturated/α-hetero) is 1. The maximum Gasteiger partial charge on any atom is 0.174 e. The second-order valence-electron chi connectivity index (χ2n) is 10.5. The standard InChI is InChI=1S/C23H32O5/c1-20-7-8-22(25-9-10-26-22)13-15(20)3-4-16-17-5-6-23(27-11-12-28-23)21(17,2)14-18(24)19(16)20/h3,16-17,19H,4-14H2,1-2H3/t16-,17-,19+,20-,21-/m0/s1. The Morgan fingerprint density at radius 3 is 2.39 bits per heavy atom. The number of carbonyl (C=O) groups excluding carboxylic acids is 1. The second-order valence-corrected chi connectivity index (χ2v) is 10.5. The van der Waals surface area contributed by atoms with E-state index >= 15 is 0 Å². The number of rotatable bonds is 0. The highest BCUT2D eigenvalue weighted by molar-refractivity contribution is 5.85. The molecule has 6 rings (SSSR count). The lowest BCUT2D eigenvalue weighted by Gasteiger charge is -2.58. The SMILES string of the molecule is C[C@]12CCC3(CC1=CC[C@@H]1[C@@H]2C(=O)C[C@@]2(C)[C@H]1CCC21OCCO1)OCCO3. The average molecular weight is 389 g/mol. The smallest absolute Gasteiger partial charge is 0.174 e. The van der Waals surface area contributed by atoms with Gasteiger partial charge in [0.1, 0.15) is 5.78 Å². The minimum absolute atomic E-state index is 0.0466. The summed E-state index contributed by atoms with van der Waals surface area (Å²) in [6, 6.07) is 0. The predicted molar refractivity (Wildman–Crippen MR) is 101 cm³/mol.